The van der Waals surface area contributed by atoms with Crippen LogP contribution >= 0.6 is 11.8 Å². The number of hydrogen-bond donors (Lipinski definition) is 2. The highest BCUT2D eigenvalue weighted by Crippen LogP contribution is 2.24. The number of hydrogen-bond acceptors (Lipinski definition) is 2. The lowest BCUT2D eigenvalue weighted by Gasteiger charge is -2.09. The van der Waals surface area contributed by atoms with Crippen LogP contribution in [0.15, 0.2) is 48.5 Å². The van der Waals surface area contributed by atoms with E-state index in [1.807, 2.05) is 36.0 Å². The Hall–Kier alpha value is -1.74. The van der Waals surface area contributed by atoms with Crippen molar-refractivity contribution in [1.29, 1.82) is 5.41 Å². The van der Waals surface area contributed by atoms with Gasteiger partial charge in [-0.2, -0.15) is 11.8 Å². The van der Waals surface area contributed by atoms with Crippen LogP contribution in [0.3, 0.4) is 0 Å². The fourth-order valence-electron chi connectivity index (χ4n) is 1.92. The third-order valence-corrected chi connectivity index (χ3v) is 3.42. The minimum absolute atomic E-state index is 0.110. The van der Waals surface area contributed by atoms with Gasteiger partial charge in [-0.1, -0.05) is 48.5 Å². The third kappa shape index (κ3) is 2.74. The van der Waals surface area contributed by atoms with E-state index in [-0.39, 0.29) is 5.84 Å². The maximum Gasteiger partial charge on any atom is 0.123 e. The predicted octanol–water partition coefficient (Wildman–Crippen LogP) is 3.50. The third-order valence-electron chi connectivity index (χ3n) is 2.79. The van der Waals surface area contributed by atoms with E-state index in [4.69, 9.17) is 11.1 Å². The summed E-state index contributed by atoms with van der Waals surface area (Å²) in [4.78, 5) is 0. The summed E-state index contributed by atoms with van der Waals surface area (Å²) in [5.41, 5.74) is 9.83. The fourth-order valence-corrected chi connectivity index (χ4v) is 2.44. The Kier molecular flexibility index (Phi) is 4.05. The van der Waals surface area contributed by atoms with Crippen molar-refractivity contribution in [2.75, 3.05) is 6.26 Å². The molecule has 3 heteroatoms. The van der Waals surface area contributed by atoms with Gasteiger partial charge in [-0.15, -0.1) is 0 Å². The van der Waals surface area contributed by atoms with Crippen LogP contribution in [0.4, 0.5) is 0 Å². The summed E-state index contributed by atoms with van der Waals surface area (Å²) in [6.45, 7) is 0. The molecular weight excluding hydrogens is 240 g/mol. The summed E-state index contributed by atoms with van der Waals surface area (Å²) in [7, 11) is 0. The van der Waals surface area contributed by atoms with Gasteiger partial charge in [-0.05, 0) is 22.9 Å². The second-order valence-corrected chi connectivity index (χ2v) is 4.96. The van der Waals surface area contributed by atoms with Gasteiger partial charge in [0, 0.05) is 11.3 Å². The van der Waals surface area contributed by atoms with E-state index in [2.05, 4.69) is 30.5 Å². The Morgan fingerprint density at radius 3 is 2.39 bits per heavy atom. The molecule has 92 valence electrons. The van der Waals surface area contributed by atoms with Gasteiger partial charge in [0.1, 0.15) is 5.84 Å². The number of nitrogens with one attached hydrogen (secondary N) is 1. The normalized spacial score (nSPS) is 10.3. The van der Waals surface area contributed by atoms with E-state index < -0.39 is 0 Å². The van der Waals surface area contributed by atoms with E-state index >= 15 is 0 Å². The SMILES string of the molecule is CSCc1ccc(-c2ccccc2C(=N)N)cc1. The Morgan fingerprint density at radius 1 is 1.11 bits per heavy atom. The van der Waals surface area contributed by atoms with E-state index in [0.29, 0.717) is 0 Å². The smallest absolute Gasteiger partial charge is 0.123 e. The van der Waals surface area contributed by atoms with Gasteiger partial charge in [0.05, 0.1) is 0 Å². The molecule has 2 aromatic carbocycles. The van der Waals surface area contributed by atoms with Crippen LogP contribution in [0.1, 0.15) is 11.1 Å². The van der Waals surface area contributed by atoms with Crippen molar-refractivity contribution in [3.8, 4) is 11.1 Å². The molecule has 0 aromatic heterocycles. The highest BCUT2D eigenvalue weighted by Gasteiger charge is 2.06. The first-order valence-electron chi connectivity index (χ1n) is 5.74. The molecule has 0 fully saturated rings. The van der Waals surface area contributed by atoms with Gasteiger partial charge >= 0.3 is 0 Å². The van der Waals surface area contributed by atoms with Gasteiger partial charge in [-0.3, -0.25) is 5.41 Å². The van der Waals surface area contributed by atoms with Crippen molar-refractivity contribution in [2.45, 2.75) is 5.75 Å². The lowest BCUT2D eigenvalue weighted by molar-refractivity contribution is 1.40. The summed E-state index contributed by atoms with van der Waals surface area (Å²) in [5, 5.41) is 7.61. The van der Waals surface area contributed by atoms with Crippen LogP contribution < -0.4 is 5.73 Å². The fraction of sp³-hybridized carbons (Fsp3) is 0.133. The van der Waals surface area contributed by atoms with Gasteiger partial charge in [-0.25, -0.2) is 0 Å². The van der Waals surface area contributed by atoms with Crippen molar-refractivity contribution in [3.05, 3.63) is 59.7 Å². The average molecular weight is 256 g/mol. The largest absolute Gasteiger partial charge is 0.384 e. The number of nitrogen functional groups attached to an aromatic ring is 1. The van der Waals surface area contributed by atoms with Crippen LogP contribution in [0.2, 0.25) is 0 Å². The molecule has 18 heavy (non-hydrogen) atoms. The number of rotatable bonds is 4. The van der Waals surface area contributed by atoms with Crippen molar-refractivity contribution in [3.63, 3.8) is 0 Å². The van der Waals surface area contributed by atoms with Crippen LogP contribution in [0, 0.1) is 5.41 Å². The summed E-state index contributed by atoms with van der Waals surface area (Å²) >= 11 is 1.81. The molecular formula is C15H16N2S. The van der Waals surface area contributed by atoms with Crippen LogP contribution in [0.5, 0.6) is 0 Å². The Labute approximate surface area is 112 Å². The Morgan fingerprint density at radius 2 is 1.78 bits per heavy atom. The van der Waals surface area contributed by atoms with E-state index in [9.17, 15) is 0 Å². The van der Waals surface area contributed by atoms with Gasteiger partial charge in [0.15, 0.2) is 0 Å². The number of amidine groups is 1. The van der Waals surface area contributed by atoms with E-state index in [1.54, 1.807) is 0 Å². The summed E-state index contributed by atoms with van der Waals surface area (Å²) in [6, 6.07) is 16.2. The maximum absolute atomic E-state index is 7.61. The Bertz CT molecular complexity index is 547. The standard InChI is InChI=1S/C15H16N2S/c1-18-10-11-6-8-12(9-7-11)13-4-2-3-5-14(13)15(16)17/h2-9H,10H2,1H3,(H3,16,17). The highest BCUT2D eigenvalue weighted by molar-refractivity contribution is 7.97. The molecule has 0 saturated carbocycles. The zero-order valence-electron chi connectivity index (χ0n) is 10.3. The van der Waals surface area contributed by atoms with Gasteiger partial charge in [0.25, 0.3) is 0 Å². The van der Waals surface area contributed by atoms with Gasteiger partial charge < -0.3 is 5.73 Å². The zero-order chi connectivity index (χ0) is 13.0. The molecule has 0 aliphatic carbocycles. The predicted molar refractivity (Wildman–Crippen MR) is 80.1 cm³/mol. The highest BCUT2D eigenvalue weighted by atomic mass is 32.2. The maximum atomic E-state index is 7.61. The Balaban J connectivity index is 2.39. The van der Waals surface area contributed by atoms with Crippen molar-refractivity contribution < 1.29 is 0 Å². The molecule has 0 saturated heterocycles. The molecule has 0 aliphatic heterocycles. The first kappa shape index (κ1) is 12.7. The number of nitrogens with two attached hydrogens (primary N) is 1. The summed E-state index contributed by atoms with van der Waals surface area (Å²) < 4.78 is 0. The van der Waals surface area contributed by atoms with Crippen LogP contribution in [-0.4, -0.2) is 12.1 Å². The van der Waals surface area contributed by atoms with E-state index in [0.717, 1.165) is 22.4 Å². The second kappa shape index (κ2) is 5.74. The quantitative estimate of drug-likeness (QED) is 0.649. The molecule has 0 bridgehead atoms. The lowest BCUT2D eigenvalue weighted by atomic mass is 9.98. The zero-order valence-corrected chi connectivity index (χ0v) is 11.1. The second-order valence-electron chi connectivity index (χ2n) is 4.09. The number of benzene rings is 2. The van der Waals surface area contributed by atoms with Crippen LogP contribution in [-0.2, 0) is 5.75 Å². The molecule has 2 aromatic rings. The molecule has 0 aliphatic rings. The minimum Gasteiger partial charge on any atom is -0.384 e. The molecule has 2 rings (SSSR count). The average Bonchev–Trinajstić information content (AvgIpc) is 2.40. The molecule has 0 radical (unpaired) electrons. The van der Waals surface area contributed by atoms with Crippen molar-refractivity contribution in [1.82, 2.24) is 0 Å². The number of thioether (sulfide) groups is 1. The molecule has 0 unspecified atom stereocenters. The monoisotopic (exact) mass is 256 g/mol. The molecule has 0 spiro atoms. The molecule has 2 nitrogen and oxygen atoms in total. The van der Waals surface area contributed by atoms with E-state index in [1.165, 1.54) is 5.56 Å². The van der Waals surface area contributed by atoms with Crippen molar-refractivity contribution >= 4 is 17.6 Å². The van der Waals surface area contributed by atoms with Crippen molar-refractivity contribution in [2.24, 2.45) is 5.73 Å². The molecule has 0 atom stereocenters. The summed E-state index contributed by atoms with van der Waals surface area (Å²) in [6.07, 6.45) is 2.10. The van der Waals surface area contributed by atoms with Crippen LogP contribution in [0.25, 0.3) is 11.1 Å². The topological polar surface area (TPSA) is 49.9 Å². The summed E-state index contributed by atoms with van der Waals surface area (Å²) in [5.74, 6) is 1.13. The molecule has 0 amide bonds. The first-order valence-corrected chi connectivity index (χ1v) is 7.13. The lowest BCUT2D eigenvalue weighted by Crippen LogP contribution is -2.12. The molecule has 3 N–H and O–H groups in total. The molecule has 0 heterocycles. The first-order chi connectivity index (χ1) is 8.72. The van der Waals surface area contributed by atoms with Gasteiger partial charge in [0.2, 0.25) is 0 Å². The minimum atomic E-state index is 0.110.